The van der Waals surface area contributed by atoms with Crippen LogP contribution < -0.4 is 0 Å². The molecule has 1 rings (SSSR count). The molecule has 86 valence electrons. The summed E-state index contributed by atoms with van der Waals surface area (Å²) in [5, 5.41) is 9.19. The second-order valence-electron chi connectivity index (χ2n) is 4.21. The van der Waals surface area contributed by atoms with E-state index >= 15 is 0 Å². The Balaban J connectivity index is 2.84. The van der Waals surface area contributed by atoms with Crippen LogP contribution in [0.2, 0.25) is 0 Å². The van der Waals surface area contributed by atoms with Crippen molar-refractivity contribution >= 4 is 12.4 Å². The average molecular weight is 215 g/mol. The van der Waals surface area contributed by atoms with Crippen LogP contribution in [0.25, 0.3) is 0 Å². The van der Waals surface area contributed by atoms with Crippen molar-refractivity contribution in [2.75, 3.05) is 7.11 Å². The number of ether oxygens (including phenoxy) is 1. The number of hydrogen-bond donors (Lipinski definition) is 1. The molecule has 0 atom stereocenters. The van der Waals surface area contributed by atoms with Crippen LogP contribution in [0, 0.1) is 0 Å². The first-order valence-electron chi connectivity index (χ1n) is 4.98. The summed E-state index contributed by atoms with van der Waals surface area (Å²) in [5.41, 5.74) is -1.06. The van der Waals surface area contributed by atoms with E-state index in [1.807, 2.05) is 0 Å². The SMILES string of the molecule is COC1CC(C(=O)O)(N(C=O)C(C)C)C1. The Kier molecular flexibility index (Phi) is 3.34. The second kappa shape index (κ2) is 4.18. The molecular weight excluding hydrogens is 198 g/mol. The van der Waals surface area contributed by atoms with Crippen molar-refractivity contribution in [3.05, 3.63) is 0 Å². The van der Waals surface area contributed by atoms with Crippen LogP contribution in [-0.4, -0.2) is 47.2 Å². The molecule has 5 heteroatoms. The van der Waals surface area contributed by atoms with Crippen LogP contribution in [0.4, 0.5) is 0 Å². The summed E-state index contributed by atoms with van der Waals surface area (Å²) in [6.07, 6.45) is 1.30. The molecule has 0 unspecified atom stereocenters. The van der Waals surface area contributed by atoms with Crippen molar-refractivity contribution in [1.29, 1.82) is 0 Å². The molecule has 0 radical (unpaired) electrons. The van der Waals surface area contributed by atoms with Crippen molar-refractivity contribution < 1.29 is 19.4 Å². The van der Waals surface area contributed by atoms with Crippen molar-refractivity contribution in [2.24, 2.45) is 0 Å². The van der Waals surface area contributed by atoms with Crippen molar-refractivity contribution in [3.8, 4) is 0 Å². The minimum Gasteiger partial charge on any atom is -0.479 e. The molecule has 1 aliphatic rings. The fourth-order valence-corrected chi connectivity index (χ4v) is 2.07. The van der Waals surface area contributed by atoms with Crippen LogP contribution >= 0.6 is 0 Å². The van der Waals surface area contributed by atoms with E-state index in [-0.39, 0.29) is 12.1 Å². The van der Waals surface area contributed by atoms with Crippen molar-refractivity contribution in [1.82, 2.24) is 4.90 Å². The minimum atomic E-state index is -1.06. The molecule has 0 aromatic heterocycles. The molecule has 0 aromatic rings. The van der Waals surface area contributed by atoms with E-state index < -0.39 is 11.5 Å². The van der Waals surface area contributed by atoms with Crippen LogP contribution in [0.1, 0.15) is 26.7 Å². The van der Waals surface area contributed by atoms with E-state index in [1.54, 1.807) is 21.0 Å². The lowest BCUT2D eigenvalue weighted by Gasteiger charge is -2.50. The van der Waals surface area contributed by atoms with E-state index in [2.05, 4.69) is 0 Å². The number of nitrogens with zero attached hydrogens (tertiary/aromatic N) is 1. The molecule has 15 heavy (non-hydrogen) atoms. The highest BCUT2D eigenvalue weighted by Crippen LogP contribution is 2.40. The minimum absolute atomic E-state index is 0.0534. The summed E-state index contributed by atoms with van der Waals surface area (Å²) >= 11 is 0. The van der Waals surface area contributed by atoms with Gasteiger partial charge >= 0.3 is 5.97 Å². The maximum Gasteiger partial charge on any atom is 0.329 e. The number of hydrogen-bond acceptors (Lipinski definition) is 3. The summed E-state index contributed by atoms with van der Waals surface area (Å²) < 4.78 is 5.06. The van der Waals surface area contributed by atoms with E-state index in [9.17, 15) is 14.7 Å². The Morgan fingerprint density at radius 3 is 2.40 bits per heavy atom. The predicted molar refractivity (Wildman–Crippen MR) is 53.4 cm³/mol. The Morgan fingerprint density at radius 2 is 2.13 bits per heavy atom. The lowest BCUT2D eigenvalue weighted by molar-refractivity contribution is -0.175. The molecule has 1 fully saturated rings. The van der Waals surface area contributed by atoms with Gasteiger partial charge in [0.15, 0.2) is 0 Å². The van der Waals surface area contributed by atoms with Gasteiger partial charge in [0.25, 0.3) is 0 Å². The molecular formula is C10H17NO4. The standard InChI is InChI=1S/C10H17NO4/c1-7(2)11(6-12)10(9(13)14)4-8(5-10)15-3/h6-8H,4-5H2,1-3H3,(H,13,14). The van der Waals surface area contributed by atoms with E-state index in [4.69, 9.17) is 4.74 Å². The summed E-state index contributed by atoms with van der Waals surface area (Å²) in [7, 11) is 1.55. The molecule has 0 spiro atoms. The zero-order chi connectivity index (χ0) is 11.6. The van der Waals surface area contributed by atoms with Crippen LogP contribution in [0.5, 0.6) is 0 Å². The Hall–Kier alpha value is -1.10. The first kappa shape index (κ1) is 12.0. The van der Waals surface area contributed by atoms with Gasteiger partial charge in [-0.15, -0.1) is 0 Å². The maximum absolute atomic E-state index is 11.2. The highest BCUT2D eigenvalue weighted by molar-refractivity contribution is 5.83. The Bertz CT molecular complexity index is 258. The normalized spacial score (nSPS) is 29.7. The summed E-state index contributed by atoms with van der Waals surface area (Å²) in [4.78, 5) is 23.5. The van der Waals surface area contributed by atoms with Crippen LogP contribution in [0.15, 0.2) is 0 Å². The van der Waals surface area contributed by atoms with Crippen molar-refractivity contribution in [3.63, 3.8) is 0 Å². The van der Waals surface area contributed by atoms with E-state index in [0.29, 0.717) is 19.3 Å². The lowest BCUT2D eigenvalue weighted by Crippen LogP contribution is -2.65. The largest absolute Gasteiger partial charge is 0.479 e. The van der Waals surface area contributed by atoms with Gasteiger partial charge in [-0.3, -0.25) is 4.79 Å². The Morgan fingerprint density at radius 1 is 1.60 bits per heavy atom. The molecule has 1 amide bonds. The highest BCUT2D eigenvalue weighted by atomic mass is 16.5. The van der Waals surface area contributed by atoms with E-state index in [1.165, 1.54) is 4.90 Å². The van der Waals surface area contributed by atoms with Gasteiger partial charge in [-0.2, -0.15) is 0 Å². The molecule has 1 aliphatic carbocycles. The molecule has 0 aromatic carbocycles. The number of carboxylic acids is 1. The number of carbonyl (C=O) groups is 2. The number of carbonyl (C=O) groups excluding carboxylic acids is 1. The quantitative estimate of drug-likeness (QED) is 0.677. The van der Waals surface area contributed by atoms with Gasteiger partial charge in [0.2, 0.25) is 6.41 Å². The van der Waals surface area contributed by atoms with E-state index in [0.717, 1.165) is 0 Å². The monoisotopic (exact) mass is 215 g/mol. The zero-order valence-corrected chi connectivity index (χ0v) is 9.27. The number of methoxy groups -OCH3 is 1. The number of carboxylic acid groups (broad SMARTS) is 1. The number of aliphatic carboxylic acids is 1. The molecule has 5 nitrogen and oxygen atoms in total. The molecule has 0 saturated heterocycles. The number of rotatable bonds is 5. The third-order valence-corrected chi connectivity index (χ3v) is 3.03. The first-order chi connectivity index (χ1) is 6.97. The third-order valence-electron chi connectivity index (χ3n) is 3.03. The fraction of sp³-hybridized carbons (Fsp3) is 0.800. The summed E-state index contributed by atoms with van der Waals surface area (Å²) in [6, 6.07) is -0.114. The smallest absolute Gasteiger partial charge is 0.329 e. The van der Waals surface area contributed by atoms with Gasteiger partial charge in [0.1, 0.15) is 5.54 Å². The van der Waals surface area contributed by atoms with Gasteiger partial charge in [-0.1, -0.05) is 0 Å². The van der Waals surface area contributed by atoms with Gasteiger partial charge in [-0.05, 0) is 13.8 Å². The third kappa shape index (κ3) is 1.84. The lowest BCUT2D eigenvalue weighted by atomic mass is 9.72. The van der Waals surface area contributed by atoms with Crippen molar-refractivity contribution in [2.45, 2.75) is 44.4 Å². The van der Waals surface area contributed by atoms with Gasteiger partial charge in [0.05, 0.1) is 6.10 Å². The number of amides is 1. The first-order valence-corrected chi connectivity index (χ1v) is 4.98. The zero-order valence-electron chi connectivity index (χ0n) is 9.27. The average Bonchev–Trinajstić information content (AvgIpc) is 2.08. The molecule has 1 saturated carbocycles. The molecule has 0 bridgehead atoms. The van der Waals surface area contributed by atoms with Gasteiger partial charge in [0, 0.05) is 26.0 Å². The van der Waals surface area contributed by atoms with Crippen LogP contribution in [-0.2, 0) is 14.3 Å². The molecule has 0 aliphatic heterocycles. The fourth-order valence-electron chi connectivity index (χ4n) is 2.07. The predicted octanol–water partition coefficient (Wildman–Crippen LogP) is 0.485. The Labute approximate surface area is 89.0 Å². The second-order valence-corrected chi connectivity index (χ2v) is 4.21. The molecule has 0 heterocycles. The topological polar surface area (TPSA) is 66.8 Å². The van der Waals surface area contributed by atoms with Gasteiger partial charge in [-0.25, -0.2) is 4.79 Å². The van der Waals surface area contributed by atoms with Crippen LogP contribution in [0.3, 0.4) is 0 Å². The maximum atomic E-state index is 11.2. The summed E-state index contributed by atoms with van der Waals surface area (Å²) in [6.45, 7) is 3.61. The van der Waals surface area contributed by atoms with Gasteiger partial charge < -0.3 is 14.7 Å². The highest BCUT2D eigenvalue weighted by Gasteiger charge is 2.55. The summed E-state index contributed by atoms with van der Waals surface area (Å²) in [5.74, 6) is -0.948. The molecule has 1 N–H and O–H groups in total.